The number of nitrogens with one attached hydrogen (secondary N) is 3. The maximum absolute atomic E-state index is 12.4. The Morgan fingerprint density at radius 3 is 2.76 bits per heavy atom. The van der Waals surface area contributed by atoms with Crippen molar-refractivity contribution in [1.29, 1.82) is 0 Å². The quantitative estimate of drug-likeness (QED) is 0.583. The number of rotatable bonds is 9. The first-order chi connectivity index (χ1) is 14.0. The molecule has 0 bridgehead atoms. The molecule has 0 spiro atoms. The lowest BCUT2D eigenvalue weighted by atomic mass is 10.1. The number of aromatic nitrogens is 2. The lowest BCUT2D eigenvalue weighted by molar-refractivity contribution is -0.123. The van der Waals surface area contributed by atoms with Gasteiger partial charge in [0.25, 0.3) is 0 Å². The molecular formula is C21H31N5O2S. The monoisotopic (exact) mass is 417 g/mol. The van der Waals surface area contributed by atoms with Crippen LogP contribution in [-0.4, -0.2) is 64.7 Å². The molecule has 1 saturated heterocycles. The van der Waals surface area contributed by atoms with Gasteiger partial charge < -0.3 is 15.6 Å². The van der Waals surface area contributed by atoms with Crippen LogP contribution < -0.4 is 10.6 Å². The molecule has 1 aliphatic heterocycles. The van der Waals surface area contributed by atoms with Crippen LogP contribution in [0.4, 0.5) is 0 Å². The summed E-state index contributed by atoms with van der Waals surface area (Å²) in [5, 5.41) is 6.18. The fraction of sp³-hybridized carbons (Fsp3) is 0.571. The summed E-state index contributed by atoms with van der Waals surface area (Å²) in [7, 11) is 0. The smallest absolute Gasteiger partial charge is 0.234 e. The van der Waals surface area contributed by atoms with E-state index in [-0.39, 0.29) is 23.1 Å². The zero-order valence-electron chi connectivity index (χ0n) is 17.2. The van der Waals surface area contributed by atoms with Crippen molar-refractivity contribution in [2.45, 2.75) is 44.4 Å². The van der Waals surface area contributed by atoms with Crippen molar-refractivity contribution in [1.82, 2.24) is 25.5 Å². The number of hydrogen-bond donors (Lipinski definition) is 3. The number of H-pyrrole nitrogens is 1. The van der Waals surface area contributed by atoms with Crippen LogP contribution in [0, 0.1) is 0 Å². The molecule has 2 heterocycles. The number of nitrogens with zero attached hydrogens (tertiary/aromatic N) is 2. The number of hydrogen-bond acceptors (Lipinski definition) is 5. The molecule has 1 unspecified atom stereocenters. The van der Waals surface area contributed by atoms with Gasteiger partial charge >= 0.3 is 0 Å². The van der Waals surface area contributed by atoms with Gasteiger partial charge in [-0.1, -0.05) is 19.1 Å². The molecule has 0 radical (unpaired) electrons. The molecule has 0 aliphatic carbocycles. The normalized spacial score (nSPS) is 16.6. The van der Waals surface area contributed by atoms with Gasteiger partial charge in [-0.15, -0.1) is 11.8 Å². The summed E-state index contributed by atoms with van der Waals surface area (Å²) < 4.78 is 0. The SMILES string of the molecule is CCCNC(=O)CN1CCC(NC(=O)CSC(C)c2nc3ccccc3[nH]2)CC1. The molecule has 2 aromatic rings. The Labute approximate surface area is 176 Å². The summed E-state index contributed by atoms with van der Waals surface area (Å²) in [5.41, 5.74) is 1.98. The third kappa shape index (κ3) is 6.47. The maximum atomic E-state index is 12.4. The summed E-state index contributed by atoms with van der Waals surface area (Å²) >= 11 is 1.59. The first-order valence-corrected chi connectivity index (χ1v) is 11.4. The molecule has 0 saturated carbocycles. The van der Waals surface area contributed by atoms with Crippen molar-refractivity contribution in [2.24, 2.45) is 0 Å². The van der Waals surface area contributed by atoms with Crippen LogP contribution in [0.1, 0.15) is 44.2 Å². The van der Waals surface area contributed by atoms with Crippen molar-refractivity contribution >= 4 is 34.6 Å². The second kappa shape index (κ2) is 10.6. The van der Waals surface area contributed by atoms with Crippen molar-refractivity contribution < 1.29 is 9.59 Å². The molecule has 7 nitrogen and oxygen atoms in total. The minimum atomic E-state index is 0.0668. The number of carbonyl (C=O) groups is 2. The number of benzene rings is 1. The minimum Gasteiger partial charge on any atom is -0.355 e. The molecular weight excluding hydrogens is 386 g/mol. The largest absolute Gasteiger partial charge is 0.355 e. The van der Waals surface area contributed by atoms with Crippen LogP contribution in [0.5, 0.6) is 0 Å². The lowest BCUT2D eigenvalue weighted by Crippen LogP contribution is -2.47. The highest BCUT2D eigenvalue weighted by Crippen LogP contribution is 2.27. The van der Waals surface area contributed by atoms with Gasteiger partial charge in [0.1, 0.15) is 5.82 Å². The van der Waals surface area contributed by atoms with E-state index in [0.717, 1.165) is 55.8 Å². The van der Waals surface area contributed by atoms with Gasteiger partial charge in [0, 0.05) is 25.7 Å². The van der Waals surface area contributed by atoms with Crippen LogP contribution in [-0.2, 0) is 9.59 Å². The first kappa shape index (κ1) is 21.6. The number of aromatic amines is 1. The van der Waals surface area contributed by atoms with Crippen molar-refractivity contribution in [3.05, 3.63) is 30.1 Å². The number of para-hydroxylation sites is 2. The second-order valence-corrected chi connectivity index (χ2v) is 8.89. The zero-order valence-corrected chi connectivity index (χ0v) is 18.1. The molecule has 3 rings (SSSR count). The second-order valence-electron chi connectivity index (χ2n) is 7.56. The molecule has 1 aromatic heterocycles. The molecule has 1 aliphatic rings. The predicted octanol–water partition coefficient (Wildman–Crippen LogP) is 2.46. The Balaban J connectivity index is 1.36. The molecule has 3 N–H and O–H groups in total. The van der Waals surface area contributed by atoms with E-state index in [1.807, 2.05) is 31.2 Å². The van der Waals surface area contributed by atoms with Crippen molar-refractivity contribution in [2.75, 3.05) is 31.9 Å². The van der Waals surface area contributed by atoms with Gasteiger partial charge in [-0.2, -0.15) is 0 Å². The van der Waals surface area contributed by atoms with E-state index in [9.17, 15) is 9.59 Å². The summed E-state index contributed by atoms with van der Waals surface area (Å²) in [5.74, 6) is 1.47. The van der Waals surface area contributed by atoms with Crippen LogP contribution >= 0.6 is 11.8 Å². The summed E-state index contributed by atoms with van der Waals surface area (Å²) in [6, 6.07) is 8.15. The van der Waals surface area contributed by atoms with Crippen LogP contribution in [0.15, 0.2) is 24.3 Å². The molecule has 8 heteroatoms. The van der Waals surface area contributed by atoms with Gasteiger partial charge in [-0.3, -0.25) is 14.5 Å². The van der Waals surface area contributed by atoms with Gasteiger partial charge in [-0.05, 0) is 38.3 Å². The fourth-order valence-corrected chi connectivity index (χ4v) is 4.23. The van der Waals surface area contributed by atoms with Gasteiger partial charge in [0.05, 0.1) is 28.6 Å². The number of amides is 2. The van der Waals surface area contributed by atoms with Crippen LogP contribution in [0.2, 0.25) is 0 Å². The third-order valence-corrected chi connectivity index (χ3v) is 6.30. The minimum absolute atomic E-state index is 0.0668. The number of fused-ring (bicyclic) bond motifs is 1. The van der Waals surface area contributed by atoms with E-state index in [4.69, 9.17) is 0 Å². The first-order valence-electron chi connectivity index (χ1n) is 10.4. The van der Waals surface area contributed by atoms with Crippen LogP contribution in [0.25, 0.3) is 11.0 Å². The maximum Gasteiger partial charge on any atom is 0.234 e. The number of imidazole rings is 1. The lowest BCUT2D eigenvalue weighted by Gasteiger charge is -2.31. The molecule has 158 valence electrons. The topological polar surface area (TPSA) is 90.1 Å². The van der Waals surface area contributed by atoms with Crippen LogP contribution in [0.3, 0.4) is 0 Å². The van der Waals surface area contributed by atoms with E-state index in [1.165, 1.54) is 0 Å². The van der Waals surface area contributed by atoms with E-state index in [1.54, 1.807) is 11.8 Å². The van der Waals surface area contributed by atoms with E-state index < -0.39 is 0 Å². The molecule has 1 atom stereocenters. The highest BCUT2D eigenvalue weighted by Gasteiger charge is 2.22. The van der Waals surface area contributed by atoms with E-state index in [2.05, 4.69) is 32.4 Å². The Kier molecular flexibility index (Phi) is 7.94. The van der Waals surface area contributed by atoms with Crippen molar-refractivity contribution in [3.8, 4) is 0 Å². The Morgan fingerprint density at radius 2 is 2.03 bits per heavy atom. The average molecular weight is 418 g/mol. The average Bonchev–Trinajstić information content (AvgIpc) is 3.16. The number of likely N-dealkylation sites (tertiary alicyclic amines) is 1. The van der Waals surface area contributed by atoms with E-state index >= 15 is 0 Å². The van der Waals surface area contributed by atoms with E-state index in [0.29, 0.717) is 12.3 Å². The van der Waals surface area contributed by atoms with Gasteiger partial charge in [0.2, 0.25) is 11.8 Å². The number of piperidine rings is 1. The highest BCUT2D eigenvalue weighted by molar-refractivity contribution is 8.00. The Morgan fingerprint density at radius 1 is 1.28 bits per heavy atom. The molecule has 2 amide bonds. The Hall–Kier alpha value is -2.06. The summed E-state index contributed by atoms with van der Waals surface area (Å²) in [4.78, 5) is 34.3. The van der Waals surface area contributed by atoms with Crippen molar-refractivity contribution in [3.63, 3.8) is 0 Å². The summed E-state index contributed by atoms with van der Waals surface area (Å²) in [6.07, 6.45) is 2.72. The highest BCUT2D eigenvalue weighted by atomic mass is 32.2. The third-order valence-electron chi connectivity index (χ3n) is 5.15. The zero-order chi connectivity index (χ0) is 20.6. The summed E-state index contributed by atoms with van der Waals surface area (Å²) in [6.45, 7) is 6.98. The number of carbonyl (C=O) groups excluding carboxylic acids is 2. The molecule has 1 fully saturated rings. The number of thioether (sulfide) groups is 1. The van der Waals surface area contributed by atoms with Gasteiger partial charge in [-0.25, -0.2) is 4.98 Å². The standard InChI is InChI=1S/C21H31N5O2S/c1-3-10-22-19(27)13-26-11-8-16(9-12-26)23-20(28)14-29-15(2)21-24-17-6-4-5-7-18(17)25-21/h4-7,15-16H,3,8-14H2,1-2H3,(H,22,27)(H,23,28)(H,24,25). The fourth-order valence-electron chi connectivity index (χ4n) is 3.47. The Bertz CT molecular complexity index is 783. The van der Waals surface area contributed by atoms with Gasteiger partial charge in [0.15, 0.2) is 0 Å². The molecule has 29 heavy (non-hydrogen) atoms. The molecule has 1 aromatic carbocycles. The predicted molar refractivity (Wildman–Crippen MR) is 118 cm³/mol.